The maximum Gasteiger partial charge on any atom is 0.393 e. The zero-order valence-electron chi connectivity index (χ0n) is 8.38. The second kappa shape index (κ2) is 3.76. The molecule has 0 saturated carbocycles. The van der Waals surface area contributed by atoms with Gasteiger partial charge in [-0.1, -0.05) is 12.1 Å². The van der Waals surface area contributed by atoms with E-state index in [4.69, 9.17) is 5.11 Å². The van der Waals surface area contributed by atoms with Crippen LogP contribution in [0.3, 0.4) is 0 Å². The molecule has 0 amide bonds. The standard InChI is InChI=1S/C10H7F3N2O2/c11-10(12,13)4-5-1-2-6-7(3-5)14-15-8(6)9(16)17/h1-3H,4H2,(H,14,15)(H,16,17). The normalized spacial score (nSPS) is 11.9. The highest BCUT2D eigenvalue weighted by molar-refractivity contribution is 6.00. The molecule has 90 valence electrons. The Balaban J connectivity index is 2.43. The average molecular weight is 244 g/mol. The summed E-state index contributed by atoms with van der Waals surface area (Å²) < 4.78 is 36.5. The SMILES string of the molecule is O=C(O)c1n[nH]c2cc(CC(F)(F)F)ccc12. The molecule has 2 rings (SSSR count). The van der Waals surface area contributed by atoms with Crippen molar-refractivity contribution in [3.8, 4) is 0 Å². The zero-order chi connectivity index (χ0) is 12.6. The lowest BCUT2D eigenvalue weighted by Gasteiger charge is -2.05. The number of nitrogens with one attached hydrogen (secondary N) is 1. The number of hydrogen-bond donors (Lipinski definition) is 2. The monoisotopic (exact) mass is 244 g/mol. The van der Waals surface area contributed by atoms with Crippen LogP contribution in [0.2, 0.25) is 0 Å². The molecule has 0 bridgehead atoms. The fourth-order valence-electron chi connectivity index (χ4n) is 1.57. The van der Waals surface area contributed by atoms with Crippen molar-refractivity contribution in [3.05, 3.63) is 29.5 Å². The highest BCUT2D eigenvalue weighted by Gasteiger charge is 2.27. The molecule has 1 aromatic carbocycles. The molecule has 0 spiro atoms. The number of hydrogen-bond acceptors (Lipinski definition) is 2. The number of halogens is 3. The summed E-state index contributed by atoms with van der Waals surface area (Å²) in [5.74, 6) is -1.22. The summed E-state index contributed by atoms with van der Waals surface area (Å²) >= 11 is 0. The van der Waals surface area contributed by atoms with Crippen molar-refractivity contribution < 1.29 is 23.1 Å². The van der Waals surface area contributed by atoms with Gasteiger partial charge in [0.2, 0.25) is 0 Å². The maximum absolute atomic E-state index is 12.2. The summed E-state index contributed by atoms with van der Waals surface area (Å²) in [5, 5.41) is 15.0. The molecular weight excluding hydrogens is 237 g/mol. The first-order valence-corrected chi connectivity index (χ1v) is 4.64. The molecule has 4 nitrogen and oxygen atoms in total. The molecule has 0 saturated heterocycles. The van der Waals surface area contributed by atoms with Gasteiger partial charge in [0.25, 0.3) is 0 Å². The van der Waals surface area contributed by atoms with Gasteiger partial charge >= 0.3 is 12.1 Å². The Kier molecular flexibility index (Phi) is 2.53. The lowest BCUT2D eigenvalue weighted by Crippen LogP contribution is -2.11. The summed E-state index contributed by atoms with van der Waals surface area (Å²) in [6.07, 6.45) is -5.34. The summed E-state index contributed by atoms with van der Waals surface area (Å²) in [6.45, 7) is 0. The van der Waals surface area contributed by atoms with Crippen LogP contribution in [-0.4, -0.2) is 27.4 Å². The van der Waals surface area contributed by atoms with E-state index >= 15 is 0 Å². The largest absolute Gasteiger partial charge is 0.476 e. The minimum absolute atomic E-state index is 0.0607. The van der Waals surface area contributed by atoms with Crippen LogP contribution in [0, 0.1) is 0 Å². The summed E-state index contributed by atoms with van der Waals surface area (Å²) in [7, 11) is 0. The van der Waals surface area contributed by atoms with E-state index in [2.05, 4.69) is 10.2 Å². The molecule has 7 heteroatoms. The number of carboxylic acids is 1. The van der Waals surface area contributed by atoms with Crippen LogP contribution in [0.4, 0.5) is 13.2 Å². The molecular formula is C10H7F3N2O2. The number of H-pyrrole nitrogens is 1. The Hall–Kier alpha value is -2.05. The molecule has 0 aliphatic carbocycles. The number of rotatable bonds is 2. The third kappa shape index (κ3) is 2.38. The van der Waals surface area contributed by atoms with Crippen LogP contribution in [-0.2, 0) is 6.42 Å². The second-order valence-corrected chi connectivity index (χ2v) is 3.55. The lowest BCUT2D eigenvalue weighted by atomic mass is 10.1. The molecule has 0 atom stereocenters. The van der Waals surface area contributed by atoms with E-state index in [0.29, 0.717) is 5.39 Å². The van der Waals surface area contributed by atoms with Gasteiger partial charge in [-0.15, -0.1) is 0 Å². The van der Waals surface area contributed by atoms with Gasteiger partial charge in [-0.05, 0) is 11.6 Å². The third-order valence-corrected chi connectivity index (χ3v) is 2.23. The van der Waals surface area contributed by atoms with Crippen molar-refractivity contribution in [3.63, 3.8) is 0 Å². The highest BCUT2D eigenvalue weighted by Crippen LogP contribution is 2.24. The molecule has 0 unspecified atom stereocenters. The van der Waals surface area contributed by atoms with Crippen LogP contribution in [0.25, 0.3) is 10.9 Å². The number of aromatic carboxylic acids is 1. The molecule has 2 N–H and O–H groups in total. The first-order valence-electron chi connectivity index (χ1n) is 4.64. The smallest absolute Gasteiger partial charge is 0.393 e. The first kappa shape index (κ1) is 11.4. The van der Waals surface area contributed by atoms with Crippen molar-refractivity contribution in [2.45, 2.75) is 12.6 Å². The van der Waals surface area contributed by atoms with Gasteiger partial charge in [0.15, 0.2) is 5.69 Å². The van der Waals surface area contributed by atoms with Crippen LogP contribution < -0.4 is 0 Å². The van der Waals surface area contributed by atoms with Gasteiger partial charge < -0.3 is 5.11 Å². The Morgan fingerprint density at radius 2 is 2.12 bits per heavy atom. The zero-order valence-corrected chi connectivity index (χ0v) is 8.38. The van der Waals surface area contributed by atoms with Crippen molar-refractivity contribution in [1.29, 1.82) is 0 Å². The van der Waals surface area contributed by atoms with E-state index in [0.717, 1.165) is 0 Å². The number of fused-ring (bicyclic) bond motifs is 1. The van der Waals surface area contributed by atoms with Crippen LogP contribution in [0.1, 0.15) is 16.1 Å². The number of carbonyl (C=O) groups is 1. The molecule has 0 aliphatic rings. The number of alkyl halides is 3. The predicted octanol–water partition coefficient (Wildman–Crippen LogP) is 2.37. The third-order valence-electron chi connectivity index (χ3n) is 2.23. The van der Waals surface area contributed by atoms with Gasteiger partial charge in [0.1, 0.15) is 0 Å². The van der Waals surface area contributed by atoms with Crippen LogP contribution in [0.5, 0.6) is 0 Å². The number of benzene rings is 1. The number of nitrogens with zero attached hydrogens (tertiary/aromatic N) is 1. The molecule has 0 aliphatic heterocycles. The van der Waals surface area contributed by atoms with E-state index in [1.54, 1.807) is 0 Å². The van der Waals surface area contributed by atoms with E-state index in [9.17, 15) is 18.0 Å². The highest BCUT2D eigenvalue weighted by atomic mass is 19.4. The van der Waals surface area contributed by atoms with Gasteiger partial charge in [-0.3, -0.25) is 5.10 Å². The first-order chi connectivity index (χ1) is 7.87. The van der Waals surface area contributed by atoms with Gasteiger partial charge in [-0.25, -0.2) is 4.79 Å². The quantitative estimate of drug-likeness (QED) is 0.852. The maximum atomic E-state index is 12.2. The number of aromatic nitrogens is 2. The predicted molar refractivity (Wildman–Crippen MR) is 52.8 cm³/mol. The van der Waals surface area contributed by atoms with Crippen LogP contribution >= 0.6 is 0 Å². The van der Waals surface area contributed by atoms with Gasteiger partial charge in [-0.2, -0.15) is 18.3 Å². The van der Waals surface area contributed by atoms with E-state index in [-0.39, 0.29) is 16.8 Å². The second-order valence-electron chi connectivity index (χ2n) is 3.55. The molecule has 17 heavy (non-hydrogen) atoms. The molecule has 1 heterocycles. The topological polar surface area (TPSA) is 66.0 Å². The minimum atomic E-state index is -4.29. The Bertz CT molecular complexity index is 574. The van der Waals surface area contributed by atoms with Gasteiger partial charge in [0, 0.05) is 5.39 Å². The Morgan fingerprint density at radius 1 is 1.41 bits per heavy atom. The fraction of sp³-hybridized carbons (Fsp3) is 0.200. The van der Waals surface area contributed by atoms with Crippen molar-refractivity contribution in [2.24, 2.45) is 0 Å². The fourth-order valence-corrected chi connectivity index (χ4v) is 1.57. The van der Waals surface area contributed by atoms with Crippen molar-refractivity contribution in [1.82, 2.24) is 10.2 Å². The Morgan fingerprint density at radius 3 is 2.71 bits per heavy atom. The van der Waals surface area contributed by atoms with Crippen LogP contribution in [0.15, 0.2) is 18.2 Å². The number of carboxylic acid groups (broad SMARTS) is 1. The summed E-state index contributed by atoms with van der Waals surface area (Å²) in [6, 6.07) is 3.82. The summed E-state index contributed by atoms with van der Waals surface area (Å²) in [4.78, 5) is 10.7. The summed E-state index contributed by atoms with van der Waals surface area (Å²) in [5.41, 5.74) is 0.147. The van der Waals surface area contributed by atoms with E-state index in [1.165, 1.54) is 18.2 Å². The van der Waals surface area contributed by atoms with E-state index < -0.39 is 18.6 Å². The average Bonchev–Trinajstić information content (AvgIpc) is 2.57. The number of aromatic amines is 1. The van der Waals surface area contributed by atoms with E-state index in [1.807, 2.05) is 0 Å². The lowest BCUT2D eigenvalue weighted by molar-refractivity contribution is -0.127. The van der Waals surface area contributed by atoms with Gasteiger partial charge in [0.05, 0.1) is 11.9 Å². The molecule has 2 aromatic rings. The Labute approximate surface area is 93.1 Å². The molecule has 1 aromatic heterocycles. The van der Waals surface area contributed by atoms with Crippen molar-refractivity contribution >= 4 is 16.9 Å². The minimum Gasteiger partial charge on any atom is -0.476 e. The molecule has 0 radical (unpaired) electrons. The molecule has 0 fully saturated rings. The van der Waals surface area contributed by atoms with Crippen molar-refractivity contribution in [2.75, 3.05) is 0 Å².